The number of halogens is 3. The van der Waals surface area contributed by atoms with E-state index < -0.39 is 17.6 Å². The number of amides is 1. The molecule has 21 heavy (non-hydrogen) atoms. The van der Waals surface area contributed by atoms with Gasteiger partial charge in [0.25, 0.3) is 0 Å². The second-order valence-corrected chi connectivity index (χ2v) is 4.06. The molecule has 5 nitrogen and oxygen atoms in total. The summed E-state index contributed by atoms with van der Waals surface area (Å²) in [5.41, 5.74) is -0.104. The van der Waals surface area contributed by atoms with Crippen molar-refractivity contribution >= 4 is 23.1 Å². The maximum absolute atomic E-state index is 12.7. The van der Waals surface area contributed by atoms with Crippen LogP contribution in [0.3, 0.4) is 0 Å². The molecule has 110 valence electrons. The minimum atomic E-state index is -4.51. The van der Waals surface area contributed by atoms with Crippen molar-refractivity contribution in [2.45, 2.75) is 6.18 Å². The predicted molar refractivity (Wildman–Crippen MR) is 72.1 cm³/mol. The number of aromatic nitrogens is 2. The summed E-state index contributed by atoms with van der Waals surface area (Å²) in [6.45, 7) is 3.31. The molecule has 0 atom stereocenters. The minimum Gasteiger partial charge on any atom is -0.340 e. The van der Waals surface area contributed by atoms with Crippen LogP contribution in [0.2, 0.25) is 0 Å². The summed E-state index contributed by atoms with van der Waals surface area (Å²) in [7, 11) is 0. The van der Waals surface area contributed by atoms with Crippen LogP contribution in [-0.2, 0) is 11.0 Å². The first kappa shape index (κ1) is 14.6. The fourth-order valence-electron chi connectivity index (χ4n) is 1.61. The van der Waals surface area contributed by atoms with Crippen LogP contribution in [0.25, 0.3) is 0 Å². The number of hydrogen-bond donors (Lipinski definition) is 3. The van der Waals surface area contributed by atoms with E-state index in [9.17, 15) is 18.0 Å². The summed E-state index contributed by atoms with van der Waals surface area (Å²) in [4.78, 5) is 11.2. The third kappa shape index (κ3) is 3.62. The van der Waals surface area contributed by atoms with E-state index >= 15 is 0 Å². The monoisotopic (exact) mass is 296 g/mol. The second-order valence-electron chi connectivity index (χ2n) is 4.06. The molecular weight excluding hydrogens is 285 g/mol. The first-order valence-corrected chi connectivity index (χ1v) is 5.81. The summed E-state index contributed by atoms with van der Waals surface area (Å²) < 4.78 is 38.1. The smallest absolute Gasteiger partial charge is 0.340 e. The molecule has 2 aromatic rings. The van der Waals surface area contributed by atoms with Crippen molar-refractivity contribution in [2.24, 2.45) is 0 Å². The topological polar surface area (TPSA) is 69.8 Å². The Balaban J connectivity index is 2.21. The normalized spacial score (nSPS) is 11.0. The van der Waals surface area contributed by atoms with Crippen molar-refractivity contribution in [3.8, 4) is 0 Å². The number of alkyl halides is 3. The third-order valence-corrected chi connectivity index (χ3v) is 2.53. The molecule has 1 aromatic heterocycles. The number of hydrogen-bond acceptors (Lipinski definition) is 3. The molecule has 0 bridgehead atoms. The molecule has 8 heteroatoms. The number of benzene rings is 1. The highest BCUT2D eigenvalue weighted by molar-refractivity contribution is 5.99. The third-order valence-electron chi connectivity index (χ3n) is 2.53. The summed E-state index contributed by atoms with van der Waals surface area (Å²) >= 11 is 0. The Morgan fingerprint density at radius 3 is 2.71 bits per heavy atom. The first-order valence-electron chi connectivity index (χ1n) is 5.81. The van der Waals surface area contributed by atoms with Crippen molar-refractivity contribution < 1.29 is 18.0 Å². The molecule has 0 aliphatic rings. The zero-order chi connectivity index (χ0) is 15.5. The Morgan fingerprint density at radius 1 is 1.33 bits per heavy atom. The van der Waals surface area contributed by atoms with Crippen LogP contribution in [0, 0.1) is 0 Å². The highest BCUT2D eigenvalue weighted by atomic mass is 19.4. The summed E-state index contributed by atoms with van der Waals surface area (Å²) in [5.74, 6) is -0.681. The SMILES string of the molecule is C=CC(=O)Nc1cccc(Nc2[nH]ncc2C(F)(F)F)c1. The molecule has 0 unspecified atom stereocenters. The number of rotatable bonds is 4. The van der Waals surface area contributed by atoms with Gasteiger partial charge in [-0.15, -0.1) is 0 Å². The molecule has 0 aliphatic carbocycles. The van der Waals surface area contributed by atoms with Gasteiger partial charge in [0.05, 0.1) is 6.20 Å². The molecule has 0 saturated heterocycles. The van der Waals surface area contributed by atoms with Gasteiger partial charge in [0.15, 0.2) is 0 Å². The summed E-state index contributed by atoms with van der Waals surface area (Å²) in [5, 5.41) is 10.7. The average Bonchev–Trinajstić information content (AvgIpc) is 2.87. The van der Waals surface area contributed by atoms with Gasteiger partial charge in [-0.1, -0.05) is 12.6 Å². The number of nitrogens with one attached hydrogen (secondary N) is 3. The van der Waals surface area contributed by atoms with E-state index in [1.54, 1.807) is 18.2 Å². The fourth-order valence-corrected chi connectivity index (χ4v) is 1.61. The van der Waals surface area contributed by atoms with Crippen LogP contribution in [0.1, 0.15) is 5.56 Å². The molecule has 0 saturated carbocycles. The molecular formula is C13H11F3N4O. The van der Waals surface area contributed by atoms with Crippen molar-refractivity contribution in [3.63, 3.8) is 0 Å². The molecule has 1 aromatic carbocycles. The van der Waals surface area contributed by atoms with Crippen molar-refractivity contribution in [3.05, 3.63) is 48.7 Å². The Kier molecular flexibility index (Phi) is 3.97. The van der Waals surface area contributed by atoms with E-state index in [0.717, 1.165) is 6.08 Å². The quantitative estimate of drug-likeness (QED) is 0.758. The van der Waals surface area contributed by atoms with E-state index in [1.165, 1.54) is 6.07 Å². The molecule has 1 amide bonds. The van der Waals surface area contributed by atoms with Crippen molar-refractivity contribution in [1.29, 1.82) is 0 Å². The zero-order valence-corrected chi connectivity index (χ0v) is 10.7. The van der Waals surface area contributed by atoms with Crippen molar-refractivity contribution in [1.82, 2.24) is 10.2 Å². The number of carbonyl (C=O) groups is 1. The number of carbonyl (C=O) groups excluding carboxylic acids is 1. The molecule has 2 rings (SSSR count). The standard InChI is InChI=1S/C13H11F3N4O/c1-2-11(21)18-8-4-3-5-9(6-8)19-12-10(7-17-20-12)13(14,15)16/h2-7H,1H2,(H,18,21)(H2,17,19,20). The molecule has 0 aliphatic heterocycles. The maximum Gasteiger partial charge on any atom is 0.421 e. The molecule has 0 radical (unpaired) electrons. The highest BCUT2D eigenvalue weighted by Gasteiger charge is 2.35. The van der Waals surface area contributed by atoms with E-state index in [-0.39, 0.29) is 5.82 Å². The summed E-state index contributed by atoms with van der Waals surface area (Å²) in [6, 6.07) is 6.24. The second kappa shape index (κ2) is 5.70. The van der Waals surface area contributed by atoms with Crippen LogP contribution in [-0.4, -0.2) is 16.1 Å². The van der Waals surface area contributed by atoms with Gasteiger partial charge in [-0.2, -0.15) is 18.3 Å². The van der Waals surface area contributed by atoms with E-state index in [2.05, 4.69) is 27.4 Å². The Labute approximate surface area is 117 Å². The Morgan fingerprint density at radius 2 is 2.05 bits per heavy atom. The van der Waals surface area contributed by atoms with Crippen LogP contribution in [0.5, 0.6) is 0 Å². The largest absolute Gasteiger partial charge is 0.421 e. The molecule has 3 N–H and O–H groups in total. The van der Waals surface area contributed by atoms with Crippen LogP contribution >= 0.6 is 0 Å². The lowest BCUT2D eigenvalue weighted by Gasteiger charge is -2.10. The van der Waals surface area contributed by atoms with E-state index in [0.29, 0.717) is 17.6 Å². The van der Waals surface area contributed by atoms with Gasteiger partial charge < -0.3 is 10.6 Å². The zero-order valence-electron chi connectivity index (χ0n) is 10.7. The number of aromatic amines is 1. The van der Waals surface area contributed by atoms with Gasteiger partial charge in [0.1, 0.15) is 11.4 Å². The van der Waals surface area contributed by atoms with Gasteiger partial charge >= 0.3 is 6.18 Å². The number of anilines is 3. The molecule has 1 heterocycles. The molecule has 0 spiro atoms. The van der Waals surface area contributed by atoms with Gasteiger partial charge in [-0.3, -0.25) is 9.89 Å². The predicted octanol–water partition coefficient (Wildman–Crippen LogP) is 3.30. The van der Waals surface area contributed by atoms with E-state index in [4.69, 9.17) is 0 Å². The van der Waals surface area contributed by atoms with Crippen LogP contribution < -0.4 is 10.6 Å². The lowest BCUT2D eigenvalue weighted by Crippen LogP contribution is -2.08. The first-order chi connectivity index (χ1) is 9.90. The maximum atomic E-state index is 12.7. The Hall–Kier alpha value is -2.77. The van der Waals surface area contributed by atoms with Crippen LogP contribution in [0.15, 0.2) is 43.1 Å². The fraction of sp³-hybridized carbons (Fsp3) is 0.0769. The van der Waals surface area contributed by atoms with Gasteiger partial charge in [-0.25, -0.2) is 0 Å². The lowest BCUT2D eigenvalue weighted by molar-refractivity contribution is -0.136. The number of H-pyrrole nitrogens is 1. The minimum absolute atomic E-state index is 0.269. The highest BCUT2D eigenvalue weighted by Crippen LogP contribution is 2.34. The number of nitrogens with zero attached hydrogens (tertiary/aromatic N) is 1. The van der Waals surface area contributed by atoms with Gasteiger partial charge in [0, 0.05) is 11.4 Å². The average molecular weight is 296 g/mol. The summed E-state index contributed by atoms with van der Waals surface area (Å²) in [6.07, 6.45) is -2.72. The van der Waals surface area contributed by atoms with Gasteiger partial charge in [0.2, 0.25) is 5.91 Å². The van der Waals surface area contributed by atoms with E-state index in [1.807, 2.05) is 0 Å². The Bertz CT molecular complexity index is 663. The van der Waals surface area contributed by atoms with Gasteiger partial charge in [-0.05, 0) is 24.3 Å². The lowest BCUT2D eigenvalue weighted by atomic mass is 10.2. The van der Waals surface area contributed by atoms with Crippen LogP contribution in [0.4, 0.5) is 30.4 Å². The van der Waals surface area contributed by atoms with Crippen molar-refractivity contribution in [2.75, 3.05) is 10.6 Å². The molecule has 0 fully saturated rings.